The lowest BCUT2D eigenvalue weighted by atomic mass is 9.78. The topological polar surface area (TPSA) is 158 Å². The fraction of sp³-hybridized carbons (Fsp3) is 0.395. The number of pyridine rings is 1. The molecule has 5 aromatic rings. The van der Waals surface area contributed by atoms with Crippen LogP contribution in [0.2, 0.25) is 0 Å². The summed E-state index contributed by atoms with van der Waals surface area (Å²) in [4.78, 5) is 61.3. The van der Waals surface area contributed by atoms with Crippen LogP contribution < -0.4 is 10.6 Å². The maximum absolute atomic E-state index is 13.5. The van der Waals surface area contributed by atoms with Gasteiger partial charge in [0.05, 0.1) is 36.9 Å². The number of carbonyl (C=O) groups is 3. The second-order valence-electron chi connectivity index (χ2n) is 15.2. The SMILES string of the molecule is COC(=O)NC(C(=O)N1CCC[C@H]1c1ncc(-c2ccc(-c3ccc(-c4cnc([C@H]5CCCC[C@@H]5C(=O)NCc5cncc(C)c5)[nH]4)cc3)cc2)[nH]1)C(C)C. The van der Waals surface area contributed by atoms with Crippen LogP contribution in [0.25, 0.3) is 33.6 Å². The Bertz CT molecular complexity index is 2110. The molecule has 1 saturated carbocycles. The highest BCUT2D eigenvalue weighted by Gasteiger charge is 2.38. The van der Waals surface area contributed by atoms with E-state index in [-0.39, 0.29) is 35.6 Å². The molecule has 3 aromatic heterocycles. The third-order valence-electron chi connectivity index (χ3n) is 11.0. The van der Waals surface area contributed by atoms with Gasteiger partial charge in [-0.15, -0.1) is 0 Å². The number of methoxy groups -OCH3 is 1. The molecule has 1 aliphatic heterocycles. The number of alkyl carbamates (subject to hydrolysis) is 1. The molecule has 2 aliphatic rings. The highest BCUT2D eigenvalue weighted by molar-refractivity contribution is 5.86. The molecule has 4 atom stereocenters. The van der Waals surface area contributed by atoms with Gasteiger partial charge in [-0.25, -0.2) is 14.8 Å². The first kappa shape index (κ1) is 37.5. The van der Waals surface area contributed by atoms with Crippen molar-refractivity contribution in [3.05, 3.63) is 102 Å². The van der Waals surface area contributed by atoms with Crippen LogP contribution in [0, 0.1) is 18.8 Å². The predicted molar refractivity (Wildman–Crippen MR) is 210 cm³/mol. The second kappa shape index (κ2) is 16.7. The fourth-order valence-electron chi connectivity index (χ4n) is 8.01. The van der Waals surface area contributed by atoms with E-state index in [1.165, 1.54) is 7.11 Å². The van der Waals surface area contributed by atoms with Crippen LogP contribution in [0.1, 0.15) is 87.1 Å². The molecule has 1 aliphatic carbocycles. The Morgan fingerprint density at radius 3 is 2.07 bits per heavy atom. The average molecular weight is 743 g/mol. The number of benzene rings is 2. The number of amides is 3. The molecule has 12 nitrogen and oxygen atoms in total. The Labute approximate surface area is 321 Å². The maximum Gasteiger partial charge on any atom is 0.407 e. The van der Waals surface area contributed by atoms with Gasteiger partial charge in [0.15, 0.2) is 0 Å². The van der Waals surface area contributed by atoms with Crippen molar-refractivity contribution in [2.75, 3.05) is 13.7 Å². The van der Waals surface area contributed by atoms with Gasteiger partial charge in [-0.1, -0.05) is 81.3 Å². The molecule has 0 bridgehead atoms. The number of H-pyrrole nitrogens is 2. The molecule has 1 unspecified atom stereocenters. The van der Waals surface area contributed by atoms with Crippen LogP contribution in [0.3, 0.4) is 0 Å². The van der Waals surface area contributed by atoms with Crippen LogP contribution in [0.15, 0.2) is 79.4 Å². The average Bonchev–Trinajstić information content (AvgIpc) is 4.01. The van der Waals surface area contributed by atoms with Crippen molar-refractivity contribution in [1.29, 1.82) is 0 Å². The molecule has 55 heavy (non-hydrogen) atoms. The molecule has 4 N–H and O–H groups in total. The summed E-state index contributed by atoms with van der Waals surface area (Å²) in [6.45, 7) is 6.90. The smallest absolute Gasteiger partial charge is 0.407 e. The lowest BCUT2D eigenvalue weighted by molar-refractivity contribution is -0.135. The molecule has 4 heterocycles. The molecule has 12 heteroatoms. The molecule has 0 radical (unpaired) electrons. The van der Waals surface area contributed by atoms with Gasteiger partial charge in [0, 0.05) is 37.3 Å². The number of carbonyl (C=O) groups excluding carboxylic acids is 3. The Balaban J connectivity index is 0.986. The zero-order valence-electron chi connectivity index (χ0n) is 32.0. The van der Waals surface area contributed by atoms with Crippen molar-refractivity contribution in [2.45, 2.75) is 83.8 Å². The highest BCUT2D eigenvalue weighted by atomic mass is 16.5. The summed E-state index contributed by atoms with van der Waals surface area (Å²) in [5.41, 5.74) is 8.10. The van der Waals surface area contributed by atoms with E-state index in [0.29, 0.717) is 13.1 Å². The van der Waals surface area contributed by atoms with E-state index < -0.39 is 12.1 Å². The van der Waals surface area contributed by atoms with Gasteiger partial charge in [0.1, 0.15) is 17.7 Å². The normalized spacial score (nSPS) is 18.9. The number of hydrogen-bond acceptors (Lipinski definition) is 7. The van der Waals surface area contributed by atoms with Crippen LogP contribution in [-0.4, -0.2) is 67.4 Å². The Morgan fingerprint density at radius 1 is 0.818 bits per heavy atom. The molecule has 0 spiro atoms. The largest absolute Gasteiger partial charge is 0.453 e. The first-order valence-electron chi connectivity index (χ1n) is 19.3. The van der Waals surface area contributed by atoms with Gasteiger partial charge in [0.25, 0.3) is 0 Å². The molecule has 2 aromatic carbocycles. The lowest BCUT2D eigenvalue weighted by Crippen LogP contribution is -2.51. The number of nitrogens with zero attached hydrogens (tertiary/aromatic N) is 4. The minimum absolute atomic E-state index is 0.0500. The van der Waals surface area contributed by atoms with Gasteiger partial charge < -0.3 is 30.2 Å². The second-order valence-corrected chi connectivity index (χ2v) is 15.2. The van der Waals surface area contributed by atoms with Crippen molar-refractivity contribution >= 4 is 17.9 Å². The number of nitrogens with one attached hydrogen (secondary N) is 4. The van der Waals surface area contributed by atoms with Gasteiger partial charge in [0.2, 0.25) is 11.8 Å². The molecule has 3 amide bonds. The third kappa shape index (κ3) is 8.48. The number of likely N-dealkylation sites (tertiary alicyclic amines) is 1. The first-order chi connectivity index (χ1) is 26.7. The van der Waals surface area contributed by atoms with Gasteiger partial charge in [-0.3, -0.25) is 14.6 Å². The number of rotatable bonds is 11. The van der Waals surface area contributed by atoms with E-state index in [1.54, 1.807) is 6.20 Å². The summed E-state index contributed by atoms with van der Waals surface area (Å²) in [6.07, 6.45) is 12.3. The Kier molecular flexibility index (Phi) is 11.4. The zero-order valence-corrected chi connectivity index (χ0v) is 32.0. The summed E-state index contributed by atoms with van der Waals surface area (Å²) in [6, 6.07) is 17.9. The van der Waals surface area contributed by atoms with E-state index in [4.69, 9.17) is 9.72 Å². The Hall–Kier alpha value is -5.78. The molecule has 1 saturated heterocycles. The predicted octanol–water partition coefficient (Wildman–Crippen LogP) is 7.47. The van der Waals surface area contributed by atoms with Crippen molar-refractivity contribution in [3.63, 3.8) is 0 Å². The lowest BCUT2D eigenvalue weighted by Gasteiger charge is -2.30. The van der Waals surface area contributed by atoms with Crippen LogP contribution >= 0.6 is 0 Å². The van der Waals surface area contributed by atoms with E-state index >= 15 is 0 Å². The number of aromatic amines is 2. The summed E-state index contributed by atoms with van der Waals surface area (Å²) in [7, 11) is 1.30. The van der Waals surface area contributed by atoms with Crippen molar-refractivity contribution in [3.8, 4) is 33.6 Å². The summed E-state index contributed by atoms with van der Waals surface area (Å²) < 4.78 is 4.76. The summed E-state index contributed by atoms with van der Waals surface area (Å²) >= 11 is 0. The number of ether oxygens (including phenoxy) is 1. The van der Waals surface area contributed by atoms with Gasteiger partial charge in [-0.2, -0.15) is 0 Å². The number of aryl methyl sites for hydroxylation is 1. The van der Waals surface area contributed by atoms with E-state index in [2.05, 4.69) is 85.2 Å². The van der Waals surface area contributed by atoms with Crippen LogP contribution in [0.4, 0.5) is 4.79 Å². The molecule has 2 fully saturated rings. The van der Waals surface area contributed by atoms with Crippen molar-refractivity contribution in [2.24, 2.45) is 11.8 Å². The zero-order chi connectivity index (χ0) is 38.5. The number of imidazole rings is 2. The van der Waals surface area contributed by atoms with Crippen LogP contribution in [0.5, 0.6) is 0 Å². The van der Waals surface area contributed by atoms with E-state index in [9.17, 15) is 14.4 Å². The Morgan fingerprint density at radius 2 is 1.44 bits per heavy atom. The molecular weight excluding hydrogens is 693 g/mol. The van der Waals surface area contributed by atoms with Crippen molar-refractivity contribution in [1.82, 2.24) is 40.5 Å². The quantitative estimate of drug-likeness (QED) is 0.109. The van der Waals surface area contributed by atoms with Gasteiger partial charge in [-0.05, 0) is 71.9 Å². The first-order valence-corrected chi connectivity index (χ1v) is 19.3. The van der Waals surface area contributed by atoms with Gasteiger partial charge >= 0.3 is 6.09 Å². The fourth-order valence-corrected chi connectivity index (χ4v) is 8.01. The van der Waals surface area contributed by atoms with Crippen molar-refractivity contribution < 1.29 is 19.1 Å². The monoisotopic (exact) mass is 742 g/mol. The highest BCUT2D eigenvalue weighted by Crippen LogP contribution is 2.38. The minimum atomic E-state index is -0.677. The standard InChI is InChI=1S/C43H50N8O4/c1-26(2)38(50-43(54)55-4)42(53)51-19-7-10-37(51)40-46-25-36(49-40)32-17-13-30(14-18-32)29-11-15-31(16-12-29)35-24-45-39(48-35)33-8-5-6-9-34(33)41(52)47-23-28-20-27(3)21-44-22-28/h11-18,20-22,24-26,33-34,37-38H,5-10,19,23H2,1-4H3,(H,45,48)(H,46,49)(H,47,52)(H,50,54)/t33-,34-,37-,38?/m0/s1. The molecule has 286 valence electrons. The number of aromatic nitrogens is 5. The van der Waals surface area contributed by atoms with Crippen LogP contribution in [-0.2, 0) is 20.9 Å². The summed E-state index contributed by atoms with van der Waals surface area (Å²) in [5.74, 6) is 1.39. The number of hydrogen-bond donors (Lipinski definition) is 4. The minimum Gasteiger partial charge on any atom is -0.453 e. The maximum atomic E-state index is 13.5. The van der Waals surface area contributed by atoms with E-state index in [1.807, 2.05) is 44.3 Å². The van der Waals surface area contributed by atoms with E-state index in [0.717, 1.165) is 94.9 Å². The third-order valence-corrected chi connectivity index (χ3v) is 11.0. The molecular formula is C43H50N8O4. The molecule has 7 rings (SSSR count). The summed E-state index contributed by atoms with van der Waals surface area (Å²) in [5, 5.41) is 5.85.